The Balaban J connectivity index is 2.40. The molecule has 0 saturated carbocycles. The van der Waals surface area contributed by atoms with Crippen molar-refractivity contribution in [3.8, 4) is 11.3 Å². The zero-order valence-electron chi connectivity index (χ0n) is 12.1. The fourth-order valence-electron chi connectivity index (χ4n) is 2.14. The molecule has 2 rings (SSSR count). The summed E-state index contributed by atoms with van der Waals surface area (Å²) in [6.45, 7) is 6.46. The quantitative estimate of drug-likeness (QED) is 0.792. The number of hydrogen-bond acceptors (Lipinski definition) is 2. The van der Waals surface area contributed by atoms with Crippen molar-refractivity contribution < 1.29 is 0 Å². The van der Waals surface area contributed by atoms with Crippen LogP contribution in [0.5, 0.6) is 0 Å². The fraction of sp³-hybridized carbons (Fsp3) is 0.412. The molecule has 0 aliphatic carbocycles. The van der Waals surface area contributed by atoms with Crippen molar-refractivity contribution >= 4 is 0 Å². The van der Waals surface area contributed by atoms with Crippen LogP contribution in [0.1, 0.15) is 43.8 Å². The van der Waals surface area contributed by atoms with Crippen molar-refractivity contribution in [2.24, 2.45) is 0 Å². The molecule has 0 spiro atoms. The van der Waals surface area contributed by atoms with Crippen LogP contribution in [0.4, 0.5) is 0 Å². The highest BCUT2D eigenvalue weighted by molar-refractivity contribution is 5.59. The van der Waals surface area contributed by atoms with E-state index in [2.05, 4.69) is 56.1 Å². The molecule has 0 aliphatic rings. The predicted molar refractivity (Wildman–Crippen MR) is 80.2 cm³/mol. The van der Waals surface area contributed by atoms with E-state index in [-0.39, 0.29) is 0 Å². The number of nitrogens with zero attached hydrogens (tertiary/aromatic N) is 2. The van der Waals surface area contributed by atoms with Crippen LogP contribution in [0.3, 0.4) is 0 Å². The summed E-state index contributed by atoms with van der Waals surface area (Å²) in [5.41, 5.74) is 4.68. The van der Waals surface area contributed by atoms with Gasteiger partial charge in [-0.3, -0.25) is 0 Å². The number of aryl methyl sites for hydroxylation is 3. The average molecular weight is 254 g/mol. The third-order valence-corrected chi connectivity index (χ3v) is 3.15. The summed E-state index contributed by atoms with van der Waals surface area (Å²) in [6.07, 6.45) is 4.19. The molecule has 0 aliphatic heterocycles. The molecule has 1 aromatic carbocycles. The van der Waals surface area contributed by atoms with Gasteiger partial charge in [0.25, 0.3) is 0 Å². The summed E-state index contributed by atoms with van der Waals surface area (Å²) in [6, 6.07) is 10.7. The van der Waals surface area contributed by atoms with E-state index in [1.807, 2.05) is 0 Å². The minimum absolute atomic E-state index is 0.955. The van der Waals surface area contributed by atoms with Gasteiger partial charge in [0.2, 0.25) is 0 Å². The lowest BCUT2D eigenvalue weighted by atomic mass is 10.1. The van der Waals surface area contributed by atoms with Crippen LogP contribution in [0, 0.1) is 6.92 Å². The van der Waals surface area contributed by atoms with E-state index in [9.17, 15) is 0 Å². The van der Waals surface area contributed by atoms with Crippen LogP contribution in [0.15, 0.2) is 30.3 Å². The van der Waals surface area contributed by atoms with E-state index in [0.29, 0.717) is 0 Å². The van der Waals surface area contributed by atoms with Crippen molar-refractivity contribution in [3.63, 3.8) is 0 Å². The van der Waals surface area contributed by atoms with Gasteiger partial charge >= 0.3 is 0 Å². The van der Waals surface area contributed by atoms with Crippen LogP contribution in [-0.4, -0.2) is 9.97 Å². The normalized spacial score (nSPS) is 10.7. The van der Waals surface area contributed by atoms with E-state index in [1.165, 1.54) is 11.1 Å². The molecule has 0 N–H and O–H groups in total. The van der Waals surface area contributed by atoms with Crippen LogP contribution in [0.2, 0.25) is 0 Å². The van der Waals surface area contributed by atoms with E-state index in [1.54, 1.807) is 0 Å². The summed E-state index contributed by atoms with van der Waals surface area (Å²) in [4.78, 5) is 9.34. The highest BCUT2D eigenvalue weighted by Gasteiger charge is 2.06. The first-order valence-electron chi connectivity index (χ1n) is 7.16. The van der Waals surface area contributed by atoms with Crippen molar-refractivity contribution in [3.05, 3.63) is 47.4 Å². The second kappa shape index (κ2) is 6.46. The largest absolute Gasteiger partial charge is 0.238 e. The lowest BCUT2D eigenvalue weighted by Crippen LogP contribution is -2.01. The SMILES string of the molecule is CCCc1cc(-c2ccc(C)cc2)nc(CCC)n1. The van der Waals surface area contributed by atoms with Gasteiger partial charge in [0.05, 0.1) is 5.69 Å². The van der Waals surface area contributed by atoms with E-state index in [0.717, 1.165) is 42.9 Å². The van der Waals surface area contributed by atoms with Crippen molar-refractivity contribution in [1.29, 1.82) is 0 Å². The first kappa shape index (κ1) is 13.7. The Bertz CT molecular complexity index is 505. The molecule has 0 unspecified atom stereocenters. The first-order chi connectivity index (χ1) is 9.22. The van der Waals surface area contributed by atoms with Gasteiger partial charge in [0.1, 0.15) is 5.82 Å². The van der Waals surface area contributed by atoms with E-state index in [4.69, 9.17) is 4.98 Å². The molecule has 2 heteroatoms. The number of rotatable bonds is 5. The minimum Gasteiger partial charge on any atom is -0.238 e. The number of aromatic nitrogens is 2. The third-order valence-electron chi connectivity index (χ3n) is 3.15. The van der Waals surface area contributed by atoms with Gasteiger partial charge in [-0.25, -0.2) is 9.97 Å². The zero-order chi connectivity index (χ0) is 13.7. The Morgan fingerprint density at radius 1 is 0.895 bits per heavy atom. The highest BCUT2D eigenvalue weighted by Crippen LogP contribution is 2.19. The van der Waals surface area contributed by atoms with Crippen molar-refractivity contribution in [2.45, 2.75) is 46.5 Å². The van der Waals surface area contributed by atoms with E-state index >= 15 is 0 Å². The average Bonchev–Trinajstić information content (AvgIpc) is 2.40. The van der Waals surface area contributed by atoms with Gasteiger partial charge in [-0.1, -0.05) is 50.1 Å². The maximum Gasteiger partial charge on any atom is 0.129 e. The molecule has 1 heterocycles. The van der Waals surface area contributed by atoms with Crippen LogP contribution in [-0.2, 0) is 12.8 Å². The van der Waals surface area contributed by atoms with Crippen LogP contribution >= 0.6 is 0 Å². The molecular weight excluding hydrogens is 232 g/mol. The molecule has 19 heavy (non-hydrogen) atoms. The lowest BCUT2D eigenvalue weighted by Gasteiger charge is -2.08. The molecule has 2 nitrogen and oxygen atoms in total. The molecule has 0 bridgehead atoms. The summed E-state index contributed by atoms with van der Waals surface area (Å²) in [5.74, 6) is 0.976. The smallest absolute Gasteiger partial charge is 0.129 e. The zero-order valence-corrected chi connectivity index (χ0v) is 12.1. The second-order valence-corrected chi connectivity index (χ2v) is 5.03. The first-order valence-corrected chi connectivity index (χ1v) is 7.16. The molecule has 0 radical (unpaired) electrons. The fourth-order valence-corrected chi connectivity index (χ4v) is 2.14. The third kappa shape index (κ3) is 3.63. The monoisotopic (exact) mass is 254 g/mol. The van der Waals surface area contributed by atoms with Gasteiger partial charge in [0, 0.05) is 17.7 Å². The van der Waals surface area contributed by atoms with Gasteiger partial charge in [-0.05, 0) is 25.8 Å². The lowest BCUT2D eigenvalue weighted by molar-refractivity contribution is 0.796. The van der Waals surface area contributed by atoms with Crippen LogP contribution in [0.25, 0.3) is 11.3 Å². The molecular formula is C17H22N2. The van der Waals surface area contributed by atoms with Gasteiger partial charge < -0.3 is 0 Å². The van der Waals surface area contributed by atoms with Crippen LogP contribution < -0.4 is 0 Å². The van der Waals surface area contributed by atoms with Crippen molar-refractivity contribution in [2.75, 3.05) is 0 Å². The minimum atomic E-state index is 0.955. The number of benzene rings is 1. The highest BCUT2D eigenvalue weighted by atomic mass is 14.9. The molecule has 0 saturated heterocycles. The Labute approximate surface area is 115 Å². The molecule has 1 aromatic heterocycles. The Morgan fingerprint density at radius 2 is 1.58 bits per heavy atom. The van der Waals surface area contributed by atoms with Gasteiger partial charge in [0.15, 0.2) is 0 Å². The Morgan fingerprint density at radius 3 is 2.21 bits per heavy atom. The predicted octanol–water partition coefficient (Wildman–Crippen LogP) is 4.36. The van der Waals surface area contributed by atoms with Gasteiger partial charge in [-0.15, -0.1) is 0 Å². The van der Waals surface area contributed by atoms with Gasteiger partial charge in [-0.2, -0.15) is 0 Å². The number of hydrogen-bond donors (Lipinski definition) is 0. The molecule has 2 aromatic rings. The summed E-state index contributed by atoms with van der Waals surface area (Å²) in [7, 11) is 0. The van der Waals surface area contributed by atoms with E-state index < -0.39 is 0 Å². The molecule has 0 atom stereocenters. The standard InChI is InChI=1S/C17H22N2/c1-4-6-15-12-16(19-17(18-15)7-5-2)14-10-8-13(3)9-11-14/h8-12H,4-7H2,1-3H3. The Hall–Kier alpha value is -1.70. The summed E-state index contributed by atoms with van der Waals surface area (Å²) in [5, 5.41) is 0. The maximum absolute atomic E-state index is 4.69. The second-order valence-electron chi connectivity index (χ2n) is 5.03. The maximum atomic E-state index is 4.69. The molecule has 0 amide bonds. The molecule has 100 valence electrons. The summed E-state index contributed by atoms with van der Waals surface area (Å²) < 4.78 is 0. The summed E-state index contributed by atoms with van der Waals surface area (Å²) >= 11 is 0. The molecule has 0 fully saturated rings. The topological polar surface area (TPSA) is 25.8 Å². The van der Waals surface area contributed by atoms with Crippen molar-refractivity contribution in [1.82, 2.24) is 9.97 Å². The Kier molecular flexibility index (Phi) is 4.67.